The molecule has 2 atom stereocenters. The van der Waals surface area contributed by atoms with Crippen molar-refractivity contribution in [3.63, 3.8) is 0 Å². The Morgan fingerprint density at radius 3 is 2.49 bits per heavy atom. The van der Waals surface area contributed by atoms with Gasteiger partial charge in [-0.25, -0.2) is 0 Å². The first-order chi connectivity index (χ1) is 17.6. The molecule has 9 nitrogen and oxygen atoms in total. The van der Waals surface area contributed by atoms with Gasteiger partial charge in [-0.05, 0) is 94.3 Å². The normalized spacial score (nSPS) is 28.0. The maximum absolute atomic E-state index is 13.3. The highest BCUT2D eigenvalue weighted by Gasteiger charge is 2.60. The monoisotopic (exact) mass is 606 g/mol. The molecule has 1 N–H and O–H groups in total. The molecule has 2 aromatic heterocycles. The van der Waals surface area contributed by atoms with Gasteiger partial charge in [-0.3, -0.25) is 9.48 Å². The SMILES string of the molecule is O=C(CC12CC3CC(C1)CC(n1cc(Br)c([N+](=O)[O-])n1)(C3)C2)Nc1nn(Cc2ccc(Cl)cc2)cc1Cl. The zero-order valence-electron chi connectivity index (χ0n) is 19.9. The fraction of sp³-hybridized carbons (Fsp3) is 0.480. The molecule has 12 heteroatoms. The minimum Gasteiger partial charge on any atom is -0.358 e. The lowest BCUT2D eigenvalue weighted by Gasteiger charge is -2.61. The van der Waals surface area contributed by atoms with Crippen LogP contribution in [-0.4, -0.2) is 30.4 Å². The number of hydrogen-bond donors (Lipinski definition) is 1. The number of amides is 1. The summed E-state index contributed by atoms with van der Waals surface area (Å²) in [5.74, 6) is 1.05. The Balaban J connectivity index is 1.18. The summed E-state index contributed by atoms with van der Waals surface area (Å²) in [6.07, 6.45) is 9.61. The Kier molecular flexibility index (Phi) is 6.12. The Morgan fingerprint density at radius 1 is 1.14 bits per heavy atom. The molecule has 4 saturated carbocycles. The average molecular weight is 608 g/mol. The third kappa shape index (κ3) is 4.68. The van der Waals surface area contributed by atoms with Gasteiger partial charge in [0.1, 0.15) is 9.50 Å². The molecular formula is C25H25BrCl2N6O3. The Labute approximate surface area is 231 Å². The molecule has 0 radical (unpaired) electrons. The third-order valence-electron chi connectivity index (χ3n) is 8.23. The molecule has 4 fully saturated rings. The number of carbonyl (C=O) groups excluding carboxylic acids is 1. The molecule has 2 unspecified atom stereocenters. The summed E-state index contributed by atoms with van der Waals surface area (Å²) < 4.78 is 3.90. The zero-order chi connectivity index (χ0) is 25.9. The van der Waals surface area contributed by atoms with Crippen LogP contribution in [0.1, 0.15) is 50.5 Å². The van der Waals surface area contributed by atoms with E-state index in [1.165, 1.54) is 0 Å². The fourth-order valence-corrected chi connectivity index (χ4v) is 8.19. The smallest absolute Gasteiger partial charge is 0.358 e. The largest absolute Gasteiger partial charge is 0.404 e. The molecule has 1 aromatic carbocycles. The number of nitrogens with one attached hydrogen (secondary N) is 1. The van der Waals surface area contributed by atoms with Crippen molar-refractivity contribution < 1.29 is 9.72 Å². The van der Waals surface area contributed by atoms with E-state index < -0.39 is 4.92 Å². The van der Waals surface area contributed by atoms with Crippen LogP contribution >= 0.6 is 39.1 Å². The number of halogens is 3. The van der Waals surface area contributed by atoms with E-state index in [-0.39, 0.29) is 22.7 Å². The molecule has 37 heavy (non-hydrogen) atoms. The molecule has 1 amide bonds. The molecule has 4 aliphatic carbocycles. The van der Waals surface area contributed by atoms with Crippen LogP contribution in [0.2, 0.25) is 10.0 Å². The summed E-state index contributed by atoms with van der Waals surface area (Å²) in [7, 11) is 0. The Morgan fingerprint density at radius 2 is 1.84 bits per heavy atom. The van der Waals surface area contributed by atoms with Crippen LogP contribution in [0.3, 0.4) is 0 Å². The van der Waals surface area contributed by atoms with Crippen molar-refractivity contribution in [2.24, 2.45) is 17.3 Å². The predicted octanol–water partition coefficient (Wildman–Crippen LogP) is 6.43. The molecule has 4 aliphatic rings. The molecule has 2 heterocycles. The second kappa shape index (κ2) is 9.10. The van der Waals surface area contributed by atoms with Gasteiger partial charge in [0.2, 0.25) is 5.91 Å². The van der Waals surface area contributed by atoms with Gasteiger partial charge in [0.05, 0.1) is 23.4 Å². The van der Waals surface area contributed by atoms with E-state index in [0.29, 0.717) is 45.1 Å². The maximum atomic E-state index is 13.3. The zero-order valence-corrected chi connectivity index (χ0v) is 23.0. The number of benzene rings is 1. The highest BCUT2D eigenvalue weighted by Crippen LogP contribution is 2.65. The van der Waals surface area contributed by atoms with Gasteiger partial charge in [0.15, 0.2) is 5.82 Å². The number of carbonyl (C=O) groups is 1. The van der Waals surface area contributed by atoms with Crippen LogP contribution < -0.4 is 5.32 Å². The lowest BCUT2D eigenvalue weighted by molar-refractivity contribution is -0.390. The van der Waals surface area contributed by atoms with Crippen molar-refractivity contribution in [3.8, 4) is 0 Å². The molecular weight excluding hydrogens is 583 g/mol. The van der Waals surface area contributed by atoms with Gasteiger partial charge in [-0.15, -0.1) is 0 Å². The van der Waals surface area contributed by atoms with Crippen LogP contribution in [0.4, 0.5) is 11.6 Å². The quantitative estimate of drug-likeness (QED) is 0.246. The van der Waals surface area contributed by atoms with Crippen molar-refractivity contribution in [2.45, 2.75) is 57.0 Å². The number of nitro groups is 1. The molecule has 0 spiro atoms. The van der Waals surface area contributed by atoms with Crippen LogP contribution in [0, 0.1) is 27.4 Å². The first-order valence-electron chi connectivity index (χ1n) is 12.3. The summed E-state index contributed by atoms with van der Waals surface area (Å²) in [5, 5.41) is 24.3. The van der Waals surface area contributed by atoms with Crippen molar-refractivity contribution in [3.05, 3.63) is 66.9 Å². The van der Waals surface area contributed by atoms with Crippen LogP contribution in [-0.2, 0) is 16.9 Å². The number of nitrogens with zero attached hydrogens (tertiary/aromatic N) is 5. The van der Waals surface area contributed by atoms with Crippen LogP contribution in [0.25, 0.3) is 0 Å². The van der Waals surface area contributed by atoms with E-state index in [4.69, 9.17) is 23.2 Å². The van der Waals surface area contributed by atoms with Crippen molar-refractivity contribution >= 4 is 56.7 Å². The predicted molar refractivity (Wildman–Crippen MR) is 143 cm³/mol. The minimum absolute atomic E-state index is 0.108. The first-order valence-corrected chi connectivity index (χ1v) is 13.8. The standard InChI is InChI=1S/C25H25BrCl2N6O3/c26-19-12-33(31-23(19)34(36)37)25-8-16-5-17(9-25)7-24(6-16,14-25)10-21(35)29-22-20(28)13-32(30-22)11-15-1-3-18(27)4-2-15/h1-4,12-13,16-17H,5-11,14H2,(H,29,30,35). The van der Waals surface area contributed by atoms with Gasteiger partial charge >= 0.3 is 5.82 Å². The molecule has 7 rings (SSSR count). The molecule has 3 aromatic rings. The van der Waals surface area contributed by atoms with Crippen molar-refractivity contribution in [1.82, 2.24) is 19.6 Å². The molecule has 4 bridgehead atoms. The average Bonchev–Trinajstić information content (AvgIpc) is 3.36. The Bertz CT molecular complexity index is 1370. The number of rotatable bonds is 7. The van der Waals surface area contributed by atoms with Crippen LogP contribution in [0.15, 0.2) is 41.1 Å². The van der Waals surface area contributed by atoms with Crippen molar-refractivity contribution in [2.75, 3.05) is 5.32 Å². The summed E-state index contributed by atoms with van der Waals surface area (Å²) in [5.41, 5.74) is 0.560. The number of hydrogen-bond acceptors (Lipinski definition) is 5. The second-order valence-corrected chi connectivity index (χ2v) is 12.8. The number of anilines is 1. The van der Waals surface area contributed by atoms with Crippen LogP contribution in [0.5, 0.6) is 0 Å². The van der Waals surface area contributed by atoms with E-state index in [2.05, 4.69) is 31.4 Å². The van der Waals surface area contributed by atoms with E-state index >= 15 is 0 Å². The van der Waals surface area contributed by atoms with E-state index in [9.17, 15) is 14.9 Å². The van der Waals surface area contributed by atoms with Gasteiger partial charge < -0.3 is 15.4 Å². The van der Waals surface area contributed by atoms with E-state index in [0.717, 1.165) is 44.1 Å². The fourth-order valence-electron chi connectivity index (χ4n) is 7.44. The highest BCUT2D eigenvalue weighted by molar-refractivity contribution is 9.10. The third-order valence-corrected chi connectivity index (χ3v) is 9.32. The van der Waals surface area contributed by atoms with E-state index in [1.54, 1.807) is 17.1 Å². The summed E-state index contributed by atoms with van der Waals surface area (Å²) in [6, 6.07) is 7.49. The lowest BCUT2D eigenvalue weighted by atomic mass is 9.46. The lowest BCUT2D eigenvalue weighted by Crippen LogP contribution is -2.57. The first kappa shape index (κ1) is 24.9. The summed E-state index contributed by atoms with van der Waals surface area (Å²) >= 11 is 15.7. The van der Waals surface area contributed by atoms with Gasteiger partial charge in [-0.2, -0.15) is 9.78 Å². The molecule has 0 aliphatic heterocycles. The Hall–Kier alpha value is -2.43. The number of aromatic nitrogens is 4. The topological polar surface area (TPSA) is 108 Å². The van der Waals surface area contributed by atoms with Gasteiger partial charge in [0.25, 0.3) is 0 Å². The van der Waals surface area contributed by atoms with Crippen molar-refractivity contribution in [1.29, 1.82) is 0 Å². The van der Waals surface area contributed by atoms with E-state index in [1.807, 2.05) is 28.9 Å². The minimum atomic E-state index is -0.458. The molecule has 194 valence electrons. The summed E-state index contributed by atoms with van der Waals surface area (Å²) in [4.78, 5) is 24.2. The van der Waals surface area contributed by atoms with Gasteiger partial charge in [0, 0.05) is 17.6 Å². The summed E-state index contributed by atoms with van der Waals surface area (Å²) in [6.45, 7) is 0.508. The highest BCUT2D eigenvalue weighted by atomic mass is 79.9. The molecule has 0 saturated heterocycles. The van der Waals surface area contributed by atoms with Gasteiger partial charge in [-0.1, -0.05) is 35.3 Å². The maximum Gasteiger partial charge on any atom is 0.404 e. The second-order valence-electron chi connectivity index (χ2n) is 11.1.